The first kappa shape index (κ1) is 32.1. The van der Waals surface area contributed by atoms with Crippen molar-refractivity contribution in [2.75, 3.05) is 33.2 Å². The lowest BCUT2D eigenvalue weighted by molar-refractivity contribution is -0.123. The standard InChI is InChI=1S/C39H46N4O2/c1-42(34-24-28-43(29-25-34)30-32-16-7-3-8-17-32)27-13-22-37(39(45)40-26-23-31-14-5-2-6-15-31)41-38(44)36-21-12-11-20-35(36)33-18-9-4-10-19-33/h2-12,14-21,34,37H,13,22-30H2,1H3,(H,40,45)(H,41,44)/t37-/m0/s1. The number of likely N-dealkylation sites (tertiary alicyclic amines) is 1. The second kappa shape index (κ2) is 16.7. The predicted octanol–water partition coefficient (Wildman–Crippen LogP) is 6.19. The Morgan fingerprint density at radius 3 is 2.09 bits per heavy atom. The van der Waals surface area contributed by atoms with Gasteiger partial charge < -0.3 is 15.5 Å². The molecule has 45 heavy (non-hydrogen) atoms. The maximum Gasteiger partial charge on any atom is 0.252 e. The molecule has 0 radical (unpaired) electrons. The minimum atomic E-state index is -0.613. The van der Waals surface area contributed by atoms with Crippen LogP contribution in [-0.4, -0.2) is 66.9 Å². The van der Waals surface area contributed by atoms with Crippen LogP contribution in [0, 0.1) is 0 Å². The van der Waals surface area contributed by atoms with Gasteiger partial charge in [0.25, 0.3) is 5.91 Å². The highest BCUT2D eigenvalue weighted by Gasteiger charge is 2.25. The molecule has 0 aromatic heterocycles. The molecule has 1 aliphatic rings. The quantitative estimate of drug-likeness (QED) is 0.181. The Hall–Kier alpha value is -4.26. The lowest BCUT2D eigenvalue weighted by Gasteiger charge is -2.37. The third kappa shape index (κ3) is 9.61. The van der Waals surface area contributed by atoms with E-state index in [1.165, 1.54) is 11.1 Å². The Bertz CT molecular complexity index is 1470. The van der Waals surface area contributed by atoms with Crippen LogP contribution in [0.2, 0.25) is 0 Å². The highest BCUT2D eigenvalue weighted by molar-refractivity contribution is 6.02. The second-order valence-electron chi connectivity index (χ2n) is 12.1. The molecular formula is C39H46N4O2. The fourth-order valence-electron chi connectivity index (χ4n) is 6.24. The van der Waals surface area contributed by atoms with E-state index in [1.807, 2.05) is 72.8 Å². The molecule has 6 heteroatoms. The van der Waals surface area contributed by atoms with Crippen LogP contribution in [0.1, 0.15) is 47.2 Å². The Morgan fingerprint density at radius 1 is 0.800 bits per heavy atom. The number of hydrogen-bond acceptors (Lipinski definition) is 4. The van der Waals surface area contributed by atoms with Gasteiger partial charge >= 0.3 is 0 Å². The van der Waals surface area contributed by atoms with Crippen LogP contribution in [0.4, 0.5) is 0 Å². The molecule has 1 aliphatic heterocycles. The highest BCUT2D eigenvalue weighted by atomic mass is 16.2. The van der Waals surface area contributed by atoms with Gasteiger partial charge in [0.2, 0.25) is 5.91 Å². The fraction of sp³-hybridized carbons (Fsp3) is 0.333. The van der Waals surface area contributed by atoms with E-state index in [9.17, 15) is 9.59 Å². The molecule has 5 rings (SSSR count). The molecule has 0 bridgehead atoms. The third-order valence-electron chi connectivity index (χ3n) is 8.87. The number of carbonyl (C=O) groups is 2. The SMILES string of the molecule is CN(CCC[C@H](NC(=O)c1ccccc1-c1ccccc1)C(=O)NCCc1ccccc1)C1CCN(Cc2ccccc2)CC1. The molecule has 4 aromatic rings. The lowest BCUT2D eigenvalue weighted by Crippen LogP contribution is -2.48. The summed E-state index contributed by atoms with van der Waals surface area (Å²) < 4.78 is 0. The van der Waals surface area contributed by atoms with Crippen LogP contribution in [0.15, 0.2) is 115 Å². The number of piperidine rings is 1. The van der Waals surface area contributed by atoms with Gasteiger partial charge in [-0.1, -0.05) is 109 Å². The van der Waals surface area contributed by atoms with Gasteiger partial charge in [0.05, 0.1) is 0 Å². The van der Waals surface area contributed by atoms with Crippen LogP contribution in [0.5, 0.6) is 0 Å². The molecule has 0 unspecified atom stereocenters. The molecule has 4 aromatic carbocycles. The average Bonchev–Trinajstić information content (AvgIpc) is 3.09. The topological polar surface area (TPSA) is 64.7 Å². The van der Waals surface area contributed by atoms with Crippen LogP contribution in [0.25, 0.3) is 11.1 Å². The van der Waals surface area contributed by atoms with Gasteiger partial charge in [0.1, 0.15) is 6.04 Å². The van der Waals surface area contributed by atoms with Gasteiger partial charge in [-0.05, 0) is 87.1 Å². The third-order valence-corrected chi connectivity index (χ3v) is 8.87. The maximum absolute atomic E-state index is 13.6. The van der Waals surface area contributed by atoms with Crippen molar-refractivity contribution in [1.82, 2.24) is 20.4 Å². The number of nitrogens with one attached hydrogen (secondary N) is 2. The van der Waals surface area contributed by atoms with E-state index >= 15 is 0 Å². The first-order valence-corrected chi connectivity index (χ1v) is 16.3. The van der Waals surface area contributed by atoms with Crippen molar-refractivity contribution < 1.29 is 9.59 Å². The smallest absolute Gasteiger partial charge is 0.252 e. The van der Waals surface area contributed by atoms with Crippen molar-refractivity contribution >= 4 is 11.8 Å². The Kier molecular flexibility index (Phi) is 11.9. The number of carbonyl (C=O) groups excluding carboxylic acids is 2. The van der Waals surface area contributed by atoms with E-state index in [0.717, 1.165) is 63.0 Å². The van der Waals surface area contributed by atoms with Crippen LogP contribution >= 0.6 is 0 Å². The van der Waals surface area contributed by atoms with E-state index in [0.29, 0.717) is 24.6 Å². The normalized spacial score (nSPS) is 14.6. The van der Waals surface area contributed by atoms with Crippen molar-refractivity contribution in [2.45, 2.75) is 50.7 Å². The van der Waals surface area contributed by atoms with Gasteiger partial charge in [-0.2, -0.15) is 0 Å². The molecular weight excluding hydrogens is 556 g/mol. The number of hydrogen-bond donors (Lipinski definition) is 2. The molecule has 1 saturated heterocycles. The van der Waals surface area contributed by atoms with Gasteiger partial charge in [0, 0.05) is 24.7 Å². The highest BCUT2D eigenvalue weighted by Crippen LogP contribution is 2.24. The zero-order valence-corrected chi connectivity index (χ0v) is 26.4. The van der Waals surface area contributed by atoms with Crippen molar-refractivity contribution in [3.63, 3.8) is 0 Å². The minimum absolute atomic E-state index is 0.131. The summed E-state index contributed by atoms with van der Waals surface area (Å²) in [6.45, 7) is 4.59. The van der Waals surface area contributed by atoms with Gasteiger partial charge in [-0.15, -0.1) is 0 Å². The number of benzene rings is 4. The summed E-state index contributed by atoms with van der Waals surface area (Å²) in [5, 5.41) is 6.19. The average molecular weight is 603 g/mol. The summed E-state index contributed by atoms with van der Waals surface area (Å²) in [6.07, 6.45) is 4.42. The van der Waals surface area contributed by atoms with E-state index < -0.39 is 6.04 Å². The van der Waals surface area contributed by atoms with Crippen molar-refractivity contribution in [1.29, 1.82) is 0 Å². The summed E-state index contributed by atoms with van der Waals surface area (Å²) in [6, 6.07) is 38.2. The van der Waals surface area contributed by atoms with Gasteiger partial charge in [-0.25, -0.2) is 0 Å². The van der Waals surface area contributed by atoms with Crippen molar-refractivity contribution in [3.8, 4) is 11.1 Å². The zero-order valence-electron chi connectivity index (χ0n) is 26.4. The molecule has 0 saturated carbocycles. The van der Waals surface area contributed by atoms with E-state index in [2.05, 4.69) is 69.9 Å². The zero-order chi connectivity index (χ0) is 31.3. The van der Waals surface area contributed by atoms with E-state index in [1.54, 1.807) is 0 Å². The first-order valence-electron chi connectivity index (χ1n) is 16.3. The molecule has 1 fully saturated rings. The Labute approximate surface area is 268 Å². The van der Waals surface area contributed by atoms with Gasteiger partial charge in [-0.3, -0.25) is 14.5 Å². The minimum Gasteiger partial charge on any atom is -0.354 e. The Balaban J connectivity index is 1.17. The summed E-state index contributed by atoms with van der Waals surface area (Å²) in [4.78, 5) is 32.1. The largest absolute Gasteiger partial charge is 0.354 e. The molecule has 234 valence electrons. The van der Waals surface area contributed by atoms with E-state index in [4.69, 9.17) is 0 Å². The number of nitrogens with zero attached hydrogens (tertiary/aromatic N) is 2. The molecule has 2 amide bonds. The first-order chi connectivity index (χ1) is 22.1. The molecule has 0 aliphatic carbocycles. The predicted molar refractivity (Wildman–Crippen MR) is 183 cm³/mol. The molecule has 6 nitrogen and oxygen atoms in total. The van der Waals surface area contributed by atoms with Crippen LogP contribution in [0.3, 0.4) is 0 Å². The summed E-state index contributed by atoms with van der Waals surface area (Å²) >= 11 is 0. The molecule has 0 spiro atoms. The van der Waals surface area contributed by atoms with Crippen molar-refractivity contribution in [2.24, 2.45) is 0 Å². The number of rotatable bonds is 14. The lowest BCUT2D eigenvalue weighted by atomic mass is 9.98. The fourth-order valence-corrected chi connectivity index (χ4v) is 6.24. The number of amides is 2. The summed E-state index contributed by atoms with van der Waals surface area (Å²) in [5.74, 6) is -0.356. The van der Waals surface area contributed by atoms with Crippen LogP contribution in [-0.2, 0) is 17.8 Å². The Morgan fingerprint density at radius 2 is 1.40 bits per heavy atom. The van der Waals surface area contributed by atoms with Crippen LogP contribution < -0.4 is 10.6 Å². The van der Waals surface area contributed by atoms with E-state index in [-0.39, 0.29) is 11.8 Å². The van der Waals surface area contributed by atoms with Gasteiger partial charge in [0.15, 0.2) is 0 Å². The monoisotopic (exact) mass is 602 g/mol. The van der Waals surface area contributed by atoms with Crippen molar-refractivity contribution in [3.05, 3.63) is 132 Å². The molecule has 2 N–H and O–H groups in total. The molecule has 1 atom stereocenters. The maximum atomic E-state index is 13.6. The molecule has 1 heterocycles. The summed E-state index contributed by atoms with van der Waals surface area (Å²) in [5.41, 5.74) is 4.95. The second-order valence-corrected chi connectivity index (χ2v) is 12.1. The summed E-state index contributed by atoms with van der Waals surface area (Å²) in [7, 11) is 2.20.